The molecular weight excluding hydrogens is 757 g/mol. The van der Waals surface area contributed by atoms with Gasteiger partial charge >= 0.3 is 0 Å². The molecule has 0 bridgehead atoms. The lowest BCUT2D eigenvalue weighted by Crippen LogP contribution is -2.41. The predicted octanol–water partition coefficient (Wildman–Crippen LogP) is 13.7. The van der Waals surface area contributed by atoms with Crippen molar-refractivity contribution in [1.82, 2.24) is 0 Å². The van der Waals surface area contributed by atoms with Crippen LogP contribution in [0.4, 0.5) is 0 Å². The van der Waals surface area contributed by atoms with Crippen molar-refractivity contribution in [2.24, 2.45) is 23.7 Å². The third kappa shape index (κ3) is 6.33. The quantitative estimate of drug-likeness (QED) is 0.174. The molecule has 4 aromatic carbocycles. The number of allylic oxidation sites excluding steroid dienone is 26. The molecule has 0 heterocycles. The molecule has 12 rings (SSSR count). The van der Waals surface area contributed by atoms with Crippen molar-refractivity contribution in [3.63, 3.8) is 0 Å². The normalized spacial score (nSPS) is 24.8. The summed E-state index contributed by atoms with van der Waals surface area (Å²) < 4.78 is 0. The Balaban J connectivity index is 0.890. The Morgan fingerprint density at radius 1 is 0.397 bits per heavy atom. The third-order valence-electron chi connectivity index (χ3n) is 15.2. The van der Waals surface area contributed by atoms with Crippen LogP contribution in [-0.4, -0.2) is 0 Å². The zero-order chi connectivity index (χ0) is 41.7. The van der Waals surface area contributed by atoms with Gasteiger partial charge < -0.3 is 0 Å². The maximum absolute atomic E-state index is 2.51. The summed E-state index contributed by atoms with van der Waals surface area (Å²) >= 11 is 0. The first kappa shape index (κ1) is 38.0. The Kier molecular flexibility index (Phi) is 9.55. The second kappa shape index (κ2) is 15.9. The SMILES string of the molecule is C1=CC2C=CC=C(C3=CC=C(C=CC4=CC=C(C5=c6ccccc6=C(C6=CC=C(C7(c8ccccc8)c8ccccc8-c8ccccc87)CC6)C6C=CC=CC56)CC4)CC3)C2C=C1. The molecule has 0 saturated carbocycles. The standard InChI is InChI=1S/C63H52/c1-2-17-49(18-3-1)63(59-27-12-10-20-53(59)54-21-11-13-28-60(54)63)50-41-39-48(40-42-50)62-57-24-8-6-22-55(57)61(56-23-7-9-25-58(56)62)47-37-33-44(34-38-47)30-29-43-31-35-46(36-32-43)52-26-14-16-45-15-4-5-19-51(45)52/h1-31,33,35,37,39,41,45,51,55,57H,32,34,36,38,40,42H2. The molecule has 8 aliphatic carbocycles. The maximum atomic E-state index is 2.51. The fourth-order valence-electron chi connectivity index (χ4n) is 12.3. The van der Waals surface area contributed by atoms with Gasteiger partial charge in [-0.05, 0) is 121 Å². The summed E-state index contributed by atoms with van der Waals surface area (Å²) in [7, 11) is 0. The van der Waals surface area contributed by atoms with Crippen LogP contribution in [0, 0.1) is 23.7 Å². The maximum Gasteiger partial charge on any atom is 0.0676 e. The van der Waals surface area contributed by atoms with Gasteiger partial charge in [-0.2, -0.15) is 0 Å². The largest absolute Gasteiger partial charge is 0.0767 e. The van der Waals surface area contributed by atoms with Crippen molar-refractivity contribution in [2.75, 3.05) is 0 Å². The number of benzene rings is 4. The fraction of sp³-hybridized carbons (Fsp3) is 0.175. The Morgan fingerprint density at radius 3 is 1.49 bits per heavy atom. The second-order valence-corrected chi connectivity index (χ2v) is 18.4. The van der Waals surface area contributed by atoms with Crippen LogP contribution in [0.5, 0.6) is 0 Å². The Morgan fingerprint density at radius 2 is 0.905 bits per heavy atom. The van der Waals surface area contributed by atoms with Crippen molar-refractivity contribution in [1.29, 1.82) is 0 Å². The average Bonchev–Trinajstić information content (AvgIpc) is 3.66. The van der Waals surface area contributed by atoms with Crippen LogP contribution in [0.3, 0.4) is 0 Å². The lowest BCUT2D eigenvalue weighted by Gasteiger charge is -2.39. The van der Waals surface area contributed by atoms with Crippen LogP contribution in [0.15, 0.2) is 258 Å². The van der Waals surface area contributed by atoms with Crippen molar-refractivity contribution >= 4 is 11.1 Å². The molecule has 0 nitrogen and oxygen atoms in total. The monoisotopic (exact) mass is 808 g/mol. The summed E-state index contributed by atoms with van der Waals surface area (Å²) in [5, 5.41) is 2.82. The van der Waals surface area contributed by atoms with E-state index < -0.39 is 0 Å². The smallest absolute Gasteiger partial charge is 0.0676 e. The first-order valence-electron chi connectivity index (χ1n) is 23.3. The molecule has 4 atom stereocenters. The molecule has 0 saturated heterocycles. The molecule has 0 amide bonds. The van der Waals surface area contributed by atoms with E-state index in [0.717, 1.165) is 38.5 Å². The van der Waals surface area contributed by atoms with Crippen LogP contribution >= 0.6 is 0 Å². The van der Waals surface area contributed by atoms with Gasteiger partial charge in [0.2, 0.25) is 0 Å². The highest BCUT2D eigenvalue weighted by Gasteiger charge is 2.47. The summed E-state index contributed by atoms with van der Waals surface area (Å²) in [6.07, 6.45) is 51.2. The Labute approximate surface area is 372 Å². The van der Waals surface area contributed by atoms with E-state index in [-0.39, 0.29) is 5.41 Å². The van der Waals surface area contributed by atoms with E-state index in [4.69, 9.17) is 0 Å². The van der Waals surface area contributed by atoms with Gasteiger partial charge in [-0.3, -0.25) is 0 Å². The molecule has 4 unspecified atom stereocenters. The molecule has 0 N–H and O–H groups in total. The van der Waals surface area contributed by atoms with Crippen LogP contribution < -0.4 is 10.4 Å². The van der Waals surface area contributed by atoms with E-state index in [9.17, 15) is 0 Å². The van der Waals surface area contributed by atoms with Gasteiger partial charge in [0.15, 0.2) is 0 Å². The highest BCUT2D eigenvalue weighted by Crippen LogP contribution is 2.58. The van der Waals surface area contributed by atoms with Gasteiger partial charge in [0.1, 0.15) is 0 Å². The highest BCUT2D eigenvalue weighted by molar-refractivity contribution is 5.87. The van der Waals surface area contributed by atoms with E-state index in [0.29, 0.717) is 23.7 Å². The summed E-state index contributed by atoms with van der Waals surface area (Å²) in [6.45, 7) is 0. The summed E-state index contributed by atoms with van der Waals surface area (Å²) in [5.74, 6) is 1.58. The van der Waals surface area contributed by atoms with E-state index in [1.807, 2.05) is 0 Å². The van der Waals surface area contributed by atoms with Gasteiger partial charge in [0.05, 0.1) is 5.41 Å². The number of hydrogen-bond donors (Lipinski definition) is 0. The van der Waals surface area contributed by atoms with E-state index >= 15 is 0 Å². The first-order valence-corrected chi connectivity index (χ1v) is 23.3. The topological polar surface area (TPSA) is 0 Å². The van der Waals surface area contributed by atoms with Crippen LogP contribution in [-0.2, 0) is 5.41 Å². The zero-order valence-corrected chi connectivity index (χ0v) is 35.8. The molecule has 0 heteroatoms. The third-order valence-corrected chi connectivity index (χ3v) is 15.2. The van der Waals surface area contributed by atoms with Gasteiger partial charge in [-0.25, -0.2) is 0 Å². The first-order chi connectivity index (χ1) is 31.3. The lowest BCUT2D eigenvalue weighted by molar-refractivity contribution is 0.622. The minimum Gasteiger partial charge on any atom is -0.0767 e. The molecule has 304 valence electrons. The summed E-state index contributed by atoms with van der Waals surface area (Å²) in [4.78, 5) is 0. The number of rotatable bonds is 7. The summed E-state index contributed by atoms with van der Waals surface area (Å²) in [5.41, 5.74) is 19.8. The van der Waals surface area contributed by atoms with E-state index in [2.05, 4.69) is 219 Å². The van der Waals surface area contributed by atoms with Crippen LogP contribution in [0.2, 0.25) is 0 Å². The minimum atomic E-state index is -0.314. The molecule has 0 spiro atoms. The zero-order valence-electron chi connectivity index (χ0n) is 35.8. The average molecular weight is 809 g/mol. The minimum absolute atomic E-state index is 0.302. The van der Waals surface area contributed by atoms with Crippen molar-refractivity contribution in [2.45, 2.75) is 43.9 Å². The lowest BCUT2D eigenvalue weighted by atomic mass is 9.63. The molecule has 0 aromatic heterocycles. The molecule has 4 aromatic rings. The highest BCUT2D eigenvalue weighted by atomic mass is 14.5. The van der Waals surface area contributed by atoms with Crippen LogP contribution in [0.1, 0.15) is 55.2 Å². The molecule has 0 aliphatic heterocycles. The predicted molar refractivity (Wildman–Crippen MR) is 264 cm³/mol. The Bertz CT molecular complexity index is 3060. The molecule has 0 radical (unpaired) electrons. The van der Waals surface area contributed by atoms with Gasteiger partial charge in [-0.1, -0.05) is 224 Å². The summed E-state index contributed by atoms with van der Waals surface area (Å²) in [6, 6.07) is 38.8. The molecule has 63 heavy (non-hydrogen) atoms. The van der Waals surface area contributed by atoms with Crippen LogP contribution in [0.25, 0.3) is 22.3 Å². The fourth-order valence-corrected chi connectivity index (χ4v) is 12.3. The number of fused-ring (bicyclic) bond motifs is 6. The van der Waals surface area contributed by atoms with Gasteiger partial charge in [0.25, 0.3) is 0 Å². The second-order valence-electron chi connectivity index (χ2n) is 18.4. The molecule has 8 aliphatic rings. The Hall–Kier alpha value is -6.76. The number of hydrogen-bond acceptors (Lipinski definition) is 0. The molecular formula is C63H52. The van der Waals surface area contributed by atoms with Crippen molar-refractivity contribution in [3.05, 3.63) is 285 Å². The van der Waals surface area contributed by atoms with Gasteiger partial charge in [0, 0.05) is 23.7 Å². The van der Waals surface area contributed by atoms with E-state index in [1.54, 1.807) is 0 Å². The van der Waals surface area contributed by atoms with Gasteiger partial charge in [-0.15, -0.1) is 0 Å². The molecule has 0 fully saturated rings. The van der Waals surface area contributed by atoms with Crippen molar-refractivity contribution in [3.8, 4) is 11.1 Å². The van der Waals surface area contributed by atoms with Crippen molar-refractivity contribution < 1.29 is 0 Å². The van der Waals surface area contributed by atoms with E-state index in [1.165, 1.54) is 88.4 Å².